The van der Waals surface area contributed by atoms with E-state index in [1.54, 1.807) is 0 Å². The molecule has 1 aliphatic rings. The molecule has 0 unspecified atom stereocenters. The molecule has 1 heterocycles. The smallest absolute Gasteiger partial charge is 0.133 e. The minimum atomic E-state index is -0.291. The molecule has 0 N–H and O–H groups in total. The van der Waals surface area contributed by atoms with Gasteiger partial charge >= 0.3 is 0 Å². The van der Waals surface area contributed by atoms with Gasteiger partial charge < -0.3 is 0 Å². The summed E-state index contributed by atoms with van der Waals surface area (Å²) in [4.78, 5) is 4.13. The van der Waals surface area contributed by atoms with Crippen molar-refractivity contribution in [3.05, 3.63) is 11.3 Å². The quantitative estimate of drug-likeness (QED) is 0.661. The Hall–Kier alpha value is -0.950. The molecule has 0 spiro atoms. The maximum atomic E-state index is 9.08. The Balaban J connectivity index is 2.36. The van der Waals surface area contributed by atoms with Crippen LogP contribution in [0.25, 0.3) is 0 Å². The van der Waals surface area contributed by atoms with Crippen molar-refractivity contribution in [2.24, 2.45) is 0 Å². The van der Waals surface area contributed by atoms with E-state index >= 15 is 0 Å². The van der Waals surface area contributed by atoms with E-state index in [1.165, 1.54) is 17.9 Å². The zero-order valence-electron chi connectivity index (χ0n) is 6.66. The van der Waals surface area contributed by atoms with Crippen molar-refractivity contribution < 1.29 is 0 Å². The molecule has 1 aromatic rings. The summed E-state index contributed by atoms with van der Waals surface area (Å²) in [6.45, 7) is 0. The maximum absolute atomic E-state index is 9.08. The van der Waals surface area contributed by atoms with Crippen LogP contribution >= 0.6 is 11.5 Å². The molecule has 3 nitrogen and oxygen atoms in total. The SMILES string of the molecule is N#CC1(c2ncns2)CCCC1. The average Bonchev–Trinajstić information content (AvgIpc) is 2.76. The molecular formula is C8H9N3S. The van der Waals surface area contributed by atoms with Gasteiger partial charge in [0.2, 0.25) is 0 Å². The highest BCUT2D eigenvalue weighted by molar-refractivity contribution is 7.05. The van der Waals surface area contributed by atoms with Gasteiger partial charge in [0.1, 0.15) is 16.7 Å². The van der Waals surface area contributed by atoms with E-state index in [-0.39, 0.29) is 5.41 Å². The number of nitriles is 1. The van der Waals surface area contributed by atoms with Crippen molar-refractivity contribution in [3.63, 3.8) is 0 Å². The van der Waals surface area contributed by atoms with E-state index in [4.69, 9.17) is 5.26 Å². The van der Waals surface area contributed by atoms with E-state index in [9.17, 15) is 0 Å². The summed E-state index contributed by atoms with van der Waals surface area (Å²) in [5.41, 5.74) is -0.291. The molecule has 1 aromatic heterocycles. The number of aromatic nitrogens is 2. The topological polar surface area (TPSA) is 49.6 Å². The molecule has 0 atom stereocenters. The van der Waals surface area contributed by atoms with Gasteiger partial charge in [-0.15, -0.1) is 0 Å². The van der Waals surface area contributed by atoms with Crippen molar-refractivity contribution in [3.8, 4) is 6.07 Å². The first-order valence-corrected chi connectivity index (χ1v) is 4.83. The molecule has 62 valence electrons. The second-order valence-corrected chi connectivity index (χ2v) is 3.93. The van der Waals surface area contributed by atoms with Gasteiger partial charge in [0.05, 0.1) is 6.07 Å². The standard InChI is InChI=1S/C8H9N3S/c9-5-8(3-1-2-4-8)7-10-6-11-12-7/h6H,1-4H2. The lowest BCUT2D eigenvalue weighted by molar-refractivity contribution is 0.569. The Morgan fingerprint density at radius 3 is 2.75 bits per heavy atom. The molecular weight excluding hydrogens is 170 g/mol. The molecule has 2 rings (SSSR count). The van der Waals surface area contributed by atoms with Crippen LogP contribution in [0.3, 0.4) is 0 Å². The summed E-state index contributed by atoms with van der Waals surface area (Å²) in [5.74, 6) is 0. The van der Waals surface area contributed by atoms with Crippen molar-refractivity contribution in [2.75, 3.05) is 0 Å². The second kappa shape index (κ2) is 2.83. The monoisotopic (exact) mass is 179 g/mol. The highest BCUT2D eigenvalue weighted by Crippen LogP contribution is 2.40. The number of rotatable bonds is 1. The van der Waals surface area contributed by atoms with E-state index in [2.05, 4.69) is 15.4 Å². The van der Waals surface area contributed by atoms with E-state index < -0.39 is 0 Å². The Labute approximate surface area is 75.2 Å². The average molecular weight is 179 g/mol. The normalized spacial score (nSPS) is 20.6. The van der Waals surface area contributed by atoms with E-state index in [1.807, 2.05) is 0 Å². The van der Waals surface area contributed by atoms with E-state index in [0.29, 0.717) is 0 Å². The van der Waals surface area contributed by atoms with Crippen LogP contribution in [0.5, 0.6) is 0 Å². The molecule has 0 aromatic carbocycles. The van der Waals surface area contributed by atoms with Gasteiger partial charge in [0.15, 0.2) is 0 Å². The third-order valence-electron chi connectivity index (χ3n) is 2.44. The summed E-state index contributed by atoms with van der Waals surface area (Å²) in [7, 11) is 0. The van der Waals surface area contributed by atoms with Gasteiger partial charge in [-0.05, 0) is 24.4 Å². The van der Waals surface area contributed by atoms with Crippen molar-refractivity contribution >= 4 is 11.5 Å². The number of hydrogen-bond donors (Lipinski definition) is 0. The summed E-state index contributed by atoms with van der Waals surface area (Å²) in [5, 5.41) is 9.98. The van der Waals surface area contributed by atoms with Crippen LogP contribution < -0.4 is 0 Å². The lowest BCUT2D eigenvalue weighted by Crippen LogP contribution is -2.18. The lowest BCUT2D eigenvalue weighted by atomic mass is 9.89. The summed E-state index contributed by atoms with van der Waals surface area (Å²) >= 11 is 1.36. The molecule has 0 radical (unpaired) electrons. The third-order valence-corrected chi connectivity index (χ3v) is 3.31. The van der Waals surface area contributed by atoms with Crippen LogP contribution in [0.4, 0.5) is 0 Å². The molecule has 12 heavy (non-hydrogen) atoms. The fourth-order valence-electron chi connectivity index (χ4n) is 1.74. The van der Waals surface area contributed by atoms with Crippen LogP contribution in [0.1, 0.15) is 30.7 Å². The third kappa shape index (κ3) is 1.01. The van der Waals surface area contributed by atoms with Gasteiger partial charge in [0.25, 0.3) is 0 Å². The van der Waals surface area contributed by atoms with Crippen LogP contribution in [0.15, 0.2) is 6.33 Å². The zero-order valence-corrected chi connectivity index (χ0v) is 7.47. The molecule has 0 aliphatic heterocycles. The minimum absolute atomic E-state index is 0.291. The molecule has 0 bridgehead atoms. The number of hydrogen-bond acceptors (Lipinski definition) is 4. The Morgan fingerprint density at radius 1 is 1.50 bits per heavy atom. The first kappa shape index (κ1) is 7.69. The fraction of sp³-hybridized carbons (Fsp3) is 0.625. The van der Waals surface area contributed by atoms with Gasteiger partial charge in [-0.1, -0.05) is 12.8 Å². The molecule has 1 fully saturated rings. The first-order chi connectivity index (χ1) is 5.87. The van der Waals surface area contributed by atoms with Gasteiger partial charge in [-0.3, -0.25) is 0 Å². The zero-order chi connectivity index (χ0) is 8.44. The van der Waals surface area contributed by atoms with Crippen LogP contribution in [-0.4, -0.2) is 9.36 Å². The highest BCUT2D eigenvalue weighted by atomic mass is 32.1. The fourth-order valence-corrected chi connectivity index (χ4v) is 2.45. The van der Waals surface area contributed by atoms with Crippen molar-refractivity contribution in [1.29, 1.82) is 5.26 Å². The molecule has 1 aliphatic carbocycles. The first-order valence-electron chi connectivity index (χ1n) is 4.06. The lowest BCUT2D eigenvalue weighted by Gasteiger charge is -2.14. The van der Waals surface area contributed by atoms with Gasteiger partial charge in [-0.25, -0.2) is 4.98 Å². The summed E-state index contributed by atoms with van der Waals surface area (Å²) < 4.78 is 3.94. The Kier molecular flexibility index (Phi) is 1.81. The highest BCUT2D eigenvalue weighted by Gasteiger charge is 2.38. The Bertz CT molecular complexity index is 293. The number of nitrogens with zero attached hydrogens (tertiary/aromatic N) is 3. The van der Waals surface area contributed by atoms with Gasteiger partial charge in [0, 0.05) is 0 Å². The molecule has 0 amide bonds. The predicted molar refractivity (Wildman–Crippen MR) is 45.7 cm³/mol. The van der Waals surface area contributed by atoms with Crippen LogP contribution in [-0.2, 0) is 5.41 Å². The summed E-state index contributed by atoms with van der Waals surface area (Å²) in [6.07, 6.45) is 5.75. The predicted octanol–water partition coefficient (Wildman–Crippen LogP) is 1.87. The molecule has 0 saturated heterocycles. The van der Waals surface area contributed by atoms with Crippen LogP contribution in [0.2, 0.25) is 0 Å². The Morgan fingerprint density at radius 2 is 2.25 bits per heavy atom. The van der Waals surface area contributed by atoms with Gasteiger partial charge in [-0.2, -0.15) is 9.64 Å². The summed E-state index contributed by atoms with van der Waals surface area (Å²) in [6, 6.07) is 2.39. The molecule has 1 saturated carbocycles. The van der Waals surface area contributed by atoms with Crippen molar-refractivity contribution in [2.45, 2.75) is 31.1 Å². The minimum Gasteiger partial charge on any atom is -0.226 e. The van der Waals surface area contributed by atoms with Crippen LogP contribution in [0, 0.1) is 11.3 Å². The second-order valence-electron chi connectivity index (χ2n) is 3.15. The largest absolute Gasteiger partial charge is 0.226 e. The molecule has 4 heteroatoms. The van der Waals surface area contributed by atoms with Crippen molar-refractivity contribution in [1.82, 2.24) is 9.36 Å². The van der Waals surface area contributed by atoms with E-state index in [0.717, 1.165) is 30.7 Å². The maximum Gasteiger partial charge on any atom is 0.133 e.